The highest BCUT2D eigenvalue weighted by molar-refractivity contribution is 7.92. The van der Waals surface area contributed by atoms with E-state index >= 15 is 0 Å². The molecule has 10 nitrogen and oxygen atoms in total. The highest BCUT2D eigenvalue weighted by Gasteiger charge is 2.09. The van der Waals surface area contributed by atoms with Crippen molar-refractivity contribution in [3.63, 3.8) is 0 Å². The molecule has 0 aliphatic rings. The van der Waals surface area contributed by atoms with Gasteiger partial charge in [0, 0.05) is 41.9 Å². The van der Waals surface area contributed by atoms with Crippen molar-refractivity contribution < 1.29 is 12.8 Å². The van der Waals surface area contributed by atoms with E-state index in [-0.39, 0.29) is 0 Å². The molecule has 0 radical (unpaired) electrons. The first kappa shape index (κ1) is 20.4. The molecule has 0 aliphatic heterocycles. The van der Waals surface area contributed by atoms with Crippen molar-refractivity contribution in [2.45, 2.75) is 6.92 Å². The minimum atomic E-state index is -3.33. The number of benzene rings is 2. The Kier molecular flexibility index (Phi) is 5.11. The molecule has 0 spiro atoms. The van der Waals surface area contributed by atoms with Crippen LogP contribution in [0.3, 0.4) is 0 Å². The molecule has 0 amide bonds. The van der Waals surface area contributed by atoms with E-state index in [1.54, 1.807) is 49.6 Å². The second kappa shape index (κ2) is 7.76. The number of sulfonamides is 1. The maximum absolute atomic E-state index is 11.7. The number of nitrogens with zero attached hydrogens (tertiary/aromatic N) is 3. The second-order valence-electron chi connectivity index (χ2n) is 7.04. The Balaban J connectivity index is 1.54. The van der Waals surface area contributed by atoms with Gasteiger partial charge in [0.15, 0.2) is 5.58 Å². The van der Waals surface area contributed by atoms with Crippen LogP contribution in [0.5, 0.6) is 0 Å². The van der Waals surface area contributed by atoms with E-state index in [0.29, 0.717) is 39.9 Å². The monoisotopic (exact) mass is 440 g/mol. The Morgan fingerprint density at radius 3 is 2.39 bits per heavy atom. The van der Waals surface area contributed by atoms with E-state index in [1.165, 1.54) is 4.57 Å². The van der Waals surface area contributed by atoms with E-state index in [0.717, 1.165) is 11.8 Å². The number of hydrogen-bond acceptors (Lipinski definition) is 8. The lowest BCUT2D eigenvalue weighted by Crippen LogP contribution is -2.09. The Morgan fingerprint density at radius 2 is 1.68 bits per heavy atom. The molecule has 0 fully saturated rings. The SMILES string of the molecule is Cc1cnc(Nc2ccc(NS(C)(=O)=O)cc2)nc1Nc1ccc2c(c1)oc(=O)n2C. The van der Waals surface area contributed by atoms with Crippen molar-refractivity contribution >= 4 is 50.0 Å². The molecule has 2 aromatic heterocycles. The van der Waals surface area contributed by atoms with Crippen LogP contribution in [-0.2, 0) is 17.1 Å². The highest BCUT2D eigenvalue weighted by Crippen LogP contribution is 2.24. The lowest BCUT2D eigenvalue weighted by Gasteiger charge is -2.11. The van der Waals surface area contributed by atoms with Gasteiger partial charge in [0.1, 0.15) is 5.82 Å². The van der Waals surface area contributed by atoms with Crippen molar-refractivity contribution in [2.75, 3.05) is 21.6 Å². The third kappa shape index (κ3) is 4.67. The summed E-state index contributed by atoms with van der Waals surface area (Å²) in [4.78, 5) is 20.5. The standard InChI is InChI=1S/C20H20N6O4S/c1-12-11-21-19(23-13-4-6-14(7-5-13)25-31(3,28)29)24-18(12)22-15-8-9-16-17(10-15)30-20(27)26(16)2/h4-11,25H,1-3H3,(H2,21,22,23,24). The first-order chi connectivity index (χ1) is 14.7. The minimum Gasteiger partial charge on any atom is -0.408 e. The van der Waals surface area contributed by atoms with Gasteiger partial charge in [-0.05, 0) is 43.3 Å². The molecule has 2 aromatic carbocycles. The van der Waals surface area contributed by atoms with Gasteiger partial charge in [-0.25, -0.2) is 18.2 Å². The number of fused-ring (bicyclic) bond motifs is 1. The van der Waals surface area contributed by atoms with E-state index in [1.807, 2.05) is 13.0 Å². The quantitative estimate of drug-likeness (QED) is 0.417. The zero-order valence-corrected chi connectivity index (χ0v) is 17.8. The molecule has 4 rings (SSSR count). The lowest BCUT2D eigenvalue weighted by atomic mass is 10.2. The third-order valence-corrected chi connectivity index (χ3v) is 5.08. The van der Waals surface area contributed by atoms with Crippen LogP contribution in [0.25, 0.3) is 11.1 Å². The average molecular weight is 440 g/mol. The molecule has 0 saturated carbocycles. The van der Waals surface area contributed by atoms with E-state index in [9.17, 15) is 13.2 Å². The topological polar surface area (TPSA) is 131 Å². The molecule has 11 heteroatoms. The van der Waals surface area contributed by atoms with E-state index in [2.05, 4.69) is 25.3 Å². The Labute approximate surface area is 178 Å². The molecule has 0 aliphatic carbocycles. The van der Waals surface area contributed by atoms with Gasteiger partial charge in [-0.1, -0.05) is 0 Å². The molecule has 2 heterocycles. The molecule has 3 N–H and O–H groups in total. The average Bonchev–Trinajstić information content (AvgIpc) is 2.98. The zero-order valence-electron chi connectivity index (χ0n) is 17.0. The highest BCUT2D eigenvalue weighted by atomic mass is 32.2. The predicted molar refractivity (Wildman–Crippen MR) is 120 cm³/mol. The predicted octanol–water partition coefficient (Wildman–Crippen LogP) is 3.09. The van der Waals surface area contributed by atoms with Crippen LogP contribution in [0.4, 0.5) is 28.8 Å². The summed E-state index contributed by atoms with van der Waals surface area (Å²) in [6.45, 7) is 1.87. The van der Waals surface area contributed by atoms with Crippen LogP contribution in [0.2, 0.25) is 0 Å². The van der Waals surface area contributed by atoms with Gasteiger partial charge in [0.25, 0.3) is 0 Å². The van der Waals surface area contributed by atoms with Gasteiger partial charge >= 0.3 is 5.76 Å². The van der Waals surface area contributed by atoms with Gasteiger partial charge in [-0.3, -0.25) is 9.29 Å². The van der Waals surface area contributed by atoms with Crippen molar-refractivity contribution in [3.8, 4) is 0 Å². The van der Waals surface area contributed by atoms with Crippen molar-refractivity contribution in [1.82, 2.24) is 14.5 Å². The lowest BCUT2D eigenvalue weighted by molar-refractivity contribution is 0.528. The number of anilines is 5. The summed E-state index contributed by atoms with van der Waals surface area (Å²) in [5, 5.41) is 6.30. The molecule has 4 aromatic rings. The Morgan fingerprint density at radius 1 is 1.00 bits per heavy atom. The zero-order chi connectivity index (χ0) is 22.2. The summed E-state index contributed by atoms with van der Waals surface area (Å²) in [5.74, 6) is 0.532. The number of nitrogens with one attached hydrogen (secondary N) is 3. The van der Waals surface area contributed by atoms with Crippen LogP contribution in [0, 0.1) is 6.92 Å². The van der Waals surface area contributed by atoms with E-state index in [4.69, 9.17) is 4.42 Å². The Hall–Kier alpha value is -3.86. The molecule has 0 unspecified atom stereocenters. The fourth-order valence-electron chi connectivity index (χ4n) is 2.94. The number of hydrogen-bond donors (Lipinski definition) is 3. The fraction of sp³-hybridized carbons (Fsp3) is 0.150. The van der Waals surface area contributed by atoms with Crippen LogP contribution < -0.4 is 21.1 Å². The smallest absolute Gasteiger partial charge is 0.408 e. The summed E-state index contributed by atoms with van der Waals surface area (Å²) in [6, 6.07) is 12.1. The number of rotatable bonds is 6. The number of aryl methyl sites for hydroxylation is 2. The van der Waals surface area contributed by atoms with Gasteiger partial charge < -0.3 is 15.1 Å². The number of aromatic nitrogens is 3. The molecular formula is C20H20N6O4S. The van der Waals surface area contributed by atoms with Gasteiger partial charge in [-0.15, -0.1) is 0 Å². The van der Waals surface area contributed by atoms with Crippen molar-refractivity contribution in [2.24, 2.45) is 7.05 Å². The largest absolute Gasteiger partial charge is 0.419 e. The summed E-state index contributed by atoms with van der Waals surface area (Å²) < 4.78 is 31.7. The third-order valence-electron chi connectivity index (χ3n) is 4.47. The van der Waals surface area contributed by atoms with Gasteiger partial charge in [0.05, 0.1) is 11.8 Å². The van der Waals surface area contributed by atoms with Crippen LogP contribution in [-0.4, -0.2) is 29.2 Å². The molecule has 160 valence electrons. The van der Waals surface area contributed by atoms with Crippen LogP contribution in [0.1, 0.15) is 5.56 Å². The minimum absolute atomic E-state index is 0.365. The first-order valence-corrected chi connectivity index (χ1v) is 11.1. The first-order valence-electron chi connectivity index (χ1n) is 9.23. The maximum Gasteiger partial charge on any atom is 0.419 e. The fourth-order valence-corrected chi connectivity index (χ4v) is 3.51. The van der Waals surface area contributed by atoms with Gasteiger partial charge in [-0.2, -0.15) is 4.98 Å². The van der Waals surface area contributed by atoms with Crippen LogP contribution >= 0.6 is 0 Å². The van der Waals surface area contributed by atoms with Crippen molar-refractivity contribution in [3.05, 3.63) is 64.8 Å². The molecule has 0 bridgehead atoms. The van der Waals surface area contributed by atoms with Crippen molar-refractivity contribution in [1.29, 1.82) is 0 Å². The summed E-state index contributed by atoms with van der Waals surface area (Å²) in [5.41, 5.74) is 3.87. The molecular weight excluding hydrogens is 420 g/mol. The molecule has 0 atom stereocenters. The number of oxazole rings is 1. The summed E-state index contributed by atoms with van der Waals surface area (Å²) in [7, 11) is -1.68. The molecule has 0 saturated heterocycles. The van der Waals surface area contributed by atoms with Gasteiger partial charge in [0.2, 0.25) is 16.0 Å². The maximum atomic E-state index is 11.7. The summed E-state index contributed by atoms with van der Waals surface area (Å²) >= 11 is 0. The second-order valence-corrected chi connectivity index (χ2v) is 8.78. The summed E-state index contributed by atoms with van der Waals surface area (Å²) in [6.07, 6.45) is 2.77. The van der Waals surface area contributed by atoms with E-state index < -0.39 is 15.8 Å². The normalized spacial score (nSPS) is 11.5. The molecule has 31 heavy (non-hydrogen) atoms. The Bertz CT molecular complexity index is 1420. The van der Waals surface area contributed by atoms with Crippen LogP contribution in [0.15, 0.2) is 57.9 Å².